The van der Waals surface area contributed by atoms with Crippen molar-refractivity contribution in [1.29, 1.82) is 0 Å². The third kappa shape index (κ3) is 18.2. The van der Waals surface area contributed by atoms with Crippen LogP contribution in [0.3, 0.4) is 0 Å². The normalized spacial score (nSPS) is 10.6. The van der Waals surface area contributed by atoms with Gasteiger partial charge in [0.15, 0.2) is 0 Å². The highest BCUT2D eigenvalue weighted by Crippen LogP contribution is 2.07. The molecule has 0 unspecified atom stereocenters. The Bertz CT molecular complexity index is 439. The van der Waals surface area contributed by atoms with Gasteiger partial charge >= 0.3 is 11.9 Å². The molecule has 0 aromatic rings. The van der Waals surface area contributed by atoms with Crippen LogP contribution in [0.4, 0.5) is 0 Å². The van der Waals surface area contributed by atoms with Gasteiger partial charge in [0, 0.05) is 32.9 Å². The third-order valence-corrected chi connectivity index (χ3v) is 4.81. The standard InChI is InChI=1S/C23H43NO5/c1-4-6-7-8-11-16-22(26)29-20-14-12-17-23(27)28-19-13-9-10-15-21(25)24(3)18-5-2/h4-20H2,1-3H3. The first-order valence-electron chi connectivity index (χ1n) is 11.6. The van der Waals surface area contributed by atoms with Crippen molar-refractivity contribution in [2.24, 2.45) is 0 Å². The number of rotatable bonds is 19. The minimum atomic E-state index is -0.203. The molecular weight excluding hydrogens is 370 g/mol. The molecule has 0 aliphatic heterocycles. The molecule has 1 amide bonds. The minimum absolute atomic E-state index is 0.136. The summed E-state index contributed by atoms with van der Waals surface area (Å²) in [5.41, 5.74) is 0. The molecule has 0 radical (unpaired) electrons. The first-order valence-corrected chi connectivity index (χ1v) is 11.6. The van der Waals surface area contributed by atoms with E-state index in [1.807, 2.05) is 7.05 Å². The van der Waals surface area contributed by atoms with E-state index in [0.717, 1.165) is 45.1 Å². The highest BCUT2D eigenvalue weighted by atomic mass is 16.5. The maximum atomic E-state index is 11.8. The molecule has 0 spiro atoms. The second kappa shape index (κ2) is 19.7. The maximum Gasteiger partial charge on any atom is 0.305 e. The zero-order chi connectivity index (χ0) is 21.7. The van der Waals surface area contributed by atoms with E-state index in [2.05, 4.69) is 13.8 Å². The summed E-state index contributed by atoms with van der Waals surface area (Å²) in [6.07, 6.45) is 11.8. The van der Waals surface area contributed by atoms with Crippen LogP contribution in [0.1, 0.15) is 104 Å². The van der Waals surface area contributed by atoms with Gasteiger partial charge in [0.2, 0.25) is 5.91 Å². The van der Waals surface area contributed by atoms with Gasteiger partial charge in [0.25, 0.3) is 0 Å². The van der Waals surface area contributed by atoms with Crippen molar-refractivity contribution in [2.75, 3.05) is 26.8 Å². The van der Waals surface area contributed by atoms with E-state index in [9.17, 15) is 14.4 Å². The summed E-state index contributed by atoms with van der Waals surface area (Å²) in [4.78, 5) is 36.8. The van der Waals surface area contributed by atoms with E-state index in [-0.39, 0.29) is 17.8 Å². The van der Waals surface area contributed by atoms with Gasteiger partial charge in [-0.25, -0.2) is 0 Å². The summed E-state index contributed by atoms with van der Waals surface area (Å²) in [6, 6.07) is 0. The van der Waals surface area contributed by atoms with Crippen molar-refractivity contribution < 1.29 is 23.9 Å². The Hall–Kier alpha value is -1.59. The molecule has 0 aromatic carbocycles. The molecule has 0 N–H and O–H groups in total. The van der Waals surface area contributed by atoms with Gasteiger partial charge in [-0.2, -0.15) is 0 Å². The predicted octanol–water partition coefficient (Wildman–Crippen LogP) is 5.03. The van der Waals surface area contributed by atoms with E-state index in [1.54, 1.807) is 4.90 Å². The lowest BCUT2D eigenvalue weighted by molar-refractivity contribution is -0.144. The second-order valence-electron chi connectivity index (χ2n) is 7.69. The van der Waals surface area contributed by atoms with Crippen LogP contribution in [0.25, 0.3) is 0 Å². The summed E-state index contributed by atoms with van der Waals surface area (Å²) in [6.45, 7) is 5.81. The van der Waals surface area contributed by atoms with Crippen LogP contribution < -0.4 is 0 Å². The maximum absolute atomic E-state index is 11.8. The smallest absolute Gasteiger partial charge is 0.305 e. The molecule has 0 aliphatic carbocycles. The number of unbranched alkanes of at least 4 members (excludes halogenated alkanes) is 7. The van der Waals surface area contributed by atoms with Crippen molar-refractivity contribution in [3.8, 4) is 0 Å². The molecular formula is C23H43NO5. The molecule has 0 saturated carbocycles. The van der Waals surface area contributed by atoms with Crippen molar-refractivity contribution in [3.05, 3.63) is 0 Å². The van der Waals surface area contributed by atoms with Crippen molar-refractivity contribution in [1.82, 2.24) is 4.90 Å². The molecule has 0 aromatic heterocycles. The molecule has 170 valence electrons. The SMILES string of the molecule is CCCCCCCC(=O)OCCCCC(=O)OCCCCCC(=O)N(C)CCC. The summed E-state index contributed by atoms with van der Waals surface area (Å²) >= 11 is 0. The molecule has 6 nitrogen and oxygen atoms in total. The molecule has 0 rings (SSSR count). The van der Waals surface area contributed by atoms with E-state index in [1.165, 1.54) is 19.3 Å². The van der Waals surface area contributed by atoms with E-state index in [4.69, 9.17) is 9.47 Å². The third-order valence-electron chi connectivity index (χ3n) is 4.81. The van der Waals surface area contributed by atoms with Gasteiger partial charge in [-0.05, 0) is 44.9 Å². The van der Waals surface area contributed by atoms with E-state index >= 15 is 0 Å². The summed E-state index contributed by atoms with van der Waals surface area (Å²) in [7, 11) is 1.84. The molecule has 6 heteroatoms. The minimum Gasteiger partial charge on any atom is -0.466 e. The van der Waals surface area contributed by atoms with Gasteiger partial charge in [-0.3, -0.25) is 14.4 Å². The van der Waals surface area contributed by atoms with Crippen LogP contribution in [0, 0.1) is 0 Å². The van der Waals surface area contributed by atoms with Crippen LogP contribution in [0.5, 0.6) is 0 Å². The summed E-state index contributed by atoms with van der Waals surface area (Å²) in [5.74, 6) is -0.157. The van der Waals surface area contributed by atoms with E-state index < -0.39 is 0 Å². The van der Waals surface area contributed by atoms with Crippen LogP contribution in [0.2, 0.25) is 0 Å². The first kappa shape index (κ1) is 27.4. The number of nitrogens with zero attached hydrogens (tertiary/aromatic N) is 1. The number of carbonyl (C=O) groups excluding carboxylic acids is 3. The number of amides is 1. The van der Waals surface area contributed by atoms with Gasteiger partial charge in [-0.1, -0.05) is 39.5 Å². The Kier molecular flexibility index (Phi) is 18.6. The first-order chi connectivity index (χ1) is 14.0. The predicted molar refractivity (Wildman–Crippen MR) is 116 cm³/mol. The summed E-state index contributed by atoms with van der Waals surface area (Å²) in [5, 5.41) is 0. The molecule has 0 atom stereocenters. The number of hydrogen-bond acceptors (Lipinski definition) is 5. The number of esters is 2. The van der Waals surface area contributed by atoms with Crippen molar-refractivity contribution in [2.45, 2.75) is 104 Å². The Morgan fingerprint density at radius 1 is 0.621 bits per heavy atom. The fourth-order valence-electron chi connectivity index (χ4n) is 2.97. The van der Waals surface area contributed by atoms with Gasteiger partial charge in [-0.15, -0.1) is 0 Å². The Morgan fingerprint density at radius 2 is 1.10 bits per heavy atom. The topological polar surface area (TPSA) is 72.9 Å². The van der Waals surface area contributed by atoms with Crippen molar-refractivity contribution >= 4 is 17.8 Å². The summed E-state index contributed by atoms with van der Waals surface area (Å²) < 4.78 is 10.4. The zero-order valence-corrected chi connectivity index (χ0v) is 19.0. The molecule has 29 heavy (non-hydrogen) atoms. The molecule has 0 aliphatic rings. The molecule has 0 fully saturated rings. The highest BCUT2D eigenvalue weighted by Gasteiger charge is 2.08. The fourth-order valence-corrected chi connectivity index (χ4v) is 2.97. The average molecular weight is 414 g/mol. The highest BCUT2D eigenvalue weighted by molar-refractivity contribution is 5.75. The largest absolute Gasteiger partial charge is 0.466 e. The van der Waals surface area contributed by atoms with E-state index in [0.29, 0.717) is 45.3 Å². The Labute approximate surface area is 177 Å². The van der Waals surface area contributed by atoms with Gasteiger partial charge < -0.3 is 14.4 Å². The van der Waals surface area contributed by atoms with Crippen LogP contribution >= 0.6 is 0 Å². The number of hydrogen-bond donors (Lipinski definition) is 0. The van der Waals surface area contributed by atoms with Gasteiger partial charge in [0.05, 0.1) is 13.2 Å². The molecule has 0 heterocycles. The van der Waals surface area contributed by atoms with Crippen molar-refractivity contribution in [3.63, 3.8) is 0 Å². The lowest BCUT2D eigenvalue weighted by Crippen LogP contribution is -2.26. The molecule has 0 bridgehead atoms. The zero-order valence-electron chi connectivity index (χ0n) is 19.0. The quantitative estimate of drug-likeness (QED) is 0.219. The van der Waals surface area contributed by atoms with Crippen LogP contribution in [-0.4, -0.2) is 49.6 Å². The lowest BCUT2D eigenvalue weighted by atomic mass is 10.1. The van der Waals surface area contributed by atoms with Crippen LogP contribution in [-0.2, 0) is 23.9 Å². The number of ether oxygens (including phenoxy) is 2. The Morgan fingerprint density at radius 3 is 1.69 bits per heavy atom. The number of carbonyl (C=O) groups is 3. The Balaban J connectivity index is 3.44. The van der Waals surface area contributed by atoms with Crippen LogP contribution in [0.15, 0.2) is 0 Å². The average Bonchev–Trinajstić information content (AvgIpc) is 2.70. The fraction of sp³-hybridized carbons (Fsp3) is 0.870. The second-order valence-corrected chi connectivity index (χ2v) is 7.69. The lowest BCUT2D eigenvalue weighted by Gasteiger charge is -2.15. The molecule has 0 saturated heterocycles. The monoisotopic (exact) mass is 413 g/mol. The van der Waals surface area contributed by atoms with Gasteiger partial charge in [0.1, 0.15) is 0 Å².